The molecule has 48 valence electrons. The van der Waals surface area contributed by atoms with Gasteiger partial charge in [0.15, 0.2) is 0 Å². The molecule has 0 unspecified atom stereocenters. The van der Waals surface area contributed by atoms with E-state index < -0.39 is 0 Å². The number of hydrogen-bond acceptors (Lipinski definition) is 3. The molecule has 1 saturated heterocycles. The second-order valence-electron chi connectivity index (χ2n) is 2.12. The Balaban J connectivity index is 2.06. The summed E-state index contributed by atoms with van der Waals surface area (Å²) < 4.78 is 0. The Bertz CT molecular complexity index is 61.4. The highest BCUT2D eigenvalue weighted by Crippen LogP contribution is 2.08. The van der Waals surface area contributed by atoms with Crippen molar-refractivity contribution in [1.29, 1.82) is 0 Å². The van der Waals surface area contributed by atoms with E-state index in [0.717, 1.165) is 5.88 Å². The summed E-state index contributed by atoms with van der Waals surface area (Å²) in [6.45, 7) is 2.51. The zero-order valence-electron chi connectivity index (χ0n) is 4.97. The van der Waals surface area contributed by atoms with Crippen LogP contribution in [0.5, 0.6) is 0 Å². The van der Waals surface area contributed by atoms with Gasteiger partial charge >= 0.3 is 0 Å². The quantitative estimate of drug-likeness (QED) is 0.559. The average Bonchev–Trinajstić information content (AvgIpc) is 2.19. The van der Waals surface area contributed by atoms with E-state index in [9.17, 15) is 0 Å². The van der Waals surface area contributed by atoms with Crippen LogP contribution in [0.3, 0.4) is 0 Å². The van der Waals surface area contributed by atoms with Gasteiger partial charge in [0.1, 0.15) is 0 Å². The maximum absolute atomic E-state index is 5.28. The molecule has 1 aliphatic heterocycles. The monoisotopic (exact) mass is 132 g/mol. The van der Waals surface area contributed by atoms with Gasteiger partial charge in [0.25, 0.3) is 0 Å². The minimum absolute atomic E-state index is 1.01. The van der Waals surface area contributed by atoms with Crippen LogP contribution in [0.15, 0.2) is 0 Å². The van der Waals surface area contributed by atoms with Gasteiger partial charge in [0.2, 0.25) is 0 Å². The van der Waals surface area contributed by atoms with Crippen LogP contribution in [0, 0.1) is 0 Å². The maximum Gasteiger partial charge on any atom is 0.0588 e. The minimum Gasteiger partial charge on any atom is -0.293 e. The highest BCUT2D eigenvalue weighted by molar-refractivity contribution is 7.97. The van der Waals surface area contributed by atoms with Crippen molar-refractivity contribution in [1.82, 2.24) is 4.90 Å². The number of hydrogen-bond donors (Lipinski definition) is 1. The van der Waals surface area contributed by atoms with Crippen LogP contribution in [-0.4, -0.2) is 23.9 Å². The van der Waals surface area contributed by atoms with Crippen molar-refractivity contribution in [3.8, 4) is 0 Å². The standard InChI is InChI=1S/C5H12N2S/c6-8-5-7-3-1-2-4-7/h1-6H2. The van der Waals surface area contributed by atoms with Crippen molar-refractivity contribution >= 4 is 11.9 Å². The topological polar surface area (TPSA) is 29.3 Å². The van der Waals surface area contributed by atoms with E-state index in [1.165, 1.54) is 37.9 Å². The molecule has 1 heterocycles. The zero-order valence-corrected chi connectivity index (χ0v) is 5.78. The lowest BCUT2D eigenvalue weighted by Crippen LogP contribution is -2.18. The smallest absolute Gasteiger partial charge is 0.0588 e. The van der Waals surface area contributed by atoms with Gasteiger partial charge in [-0.25, -0.2) is 0 Å². The predicted molar refractivity (Wildman–Crippen MR) is 37.5 cm³/mol. The number of rotatable bonds is 2. The summed E-state index contributed by atoms with van der Waals surface area (Å²) >= 11 is 1.42. The molecule has 2 nitrogen and oxygen atoms in total. The van der Waals surface area contributed by atoms with Gasteiger partial charge < -0.3 is 0 Å². The lowest BCUT2D eigenvalue weighted by molar-refractivity contribution is 0.401. The molecule has 0 spiro atoms. The van der Waals surface area contributed by atoms with Gasteiger partial charge in [-0.15, -0.1) is 0 Å². The molecule has 0 aromatic rings. The number of nitrogens with zero attached hydrogens (tertiary/aromatic N) is 1. The van der Waals surface area contributed by atoms with Gasteiger partial charge in [-0.1, -0.05) is 11.9 Å². The lowest BCUT2D eigenvalue weighted by atomic mass is 10.4. The SMILES string of the molecule is NSCN1CCCC1. The maximum atomic E-state index is 5.28. The average molecular weight is 132 g/mol. The third kappa shape index (κ3) is 1.65. The van der Waals surface area contributed by atoms with E-state index >= 15 is 0 Å². The van der Waals surface area contributed by atoms with Crippen molar-refractivity contribution in [2.45, 2.75) is 12.8 Å². The molecule has 0 amide bonds. The first-order chi connectivity index (χ1) is 3.93. The Morgan fingerprint density at radius 3 is 2.50 bits per heavy atom. The van der Waals surface area contributed by atoms with Crippen molar-refractivity contribution in [2.24, 2.45) is 5.14 Å². The third-order valence-electron chi connectivity index (χ3n) is 1.46. The molecule has 3 heteroatoms. The van der Waals surface area contributed by atoms with E-state index in [1.54, 1.807) is 0 Å². The van der Waals surface area contributed by atoms with E-state index in [1.807, 2.05) is 0 Å². The summed E-state index contributed by atoms with van der Waals surface area (Å²) in [4.78, 5) is 2.38. The molecule has 1 aliphatic rings. The van der Waals surface area contributed by atoms with Crippen LogP contribution < -0.4 is 5.14 Å². The van der Waals surface area contributed by atoms with Gasteiger partial charge in [0, 0.05) is 0 Å². The molecule has 1 fully saturated rings. The van der Waals surface area contributed by atoms with Crippen molar-refractivity contribution in [3.05, 3.63) is 0 Å². The first-order valence-corrected chi connectivity index (χ1v) is 4.02. The fraction of sp³-hybridized carbons (Fsp3) is 1.00. The second kappa shape index (κ2) is 3.33. The van der Waals surface area contributed by atoms with Crippen LogP contribution in [0.1, 0.15) is 12.8 Å². The molecule has 2 N–H and O–H groups in total. The van der Waals surface area contributed by atoms with Crippen molar-refractivity contribution in [3.63, 3.8) is 0 Å². The second-order valence-corrected chi connectivity index (χ2v) is 2.71. The van der Waals surface area contributed by atoms with Gasteiger partial charge in [0.05, 0.1) is 5.88 Å². The Morgan fingerprint density at radius 2 is 2.00 bits per heavy atom. The van der Waals surface area contributed by atoms with Crippen LogP contribution in [0.4, 0.5) is 0 Å². The summed E-state index contributed by atoms with van der Waals surface area (Å²) in [6.07, 6.45) is 2.72. The highest BCUT2D eigenvalue weighted by atomic mass is 32.2. The number of nitrogens with two attached hydrogens (primary N) is 1. The van der Waals surface area contributed by atoms with Crippen molar-refractivity contribution < 1.29 is 0 Å². The summed E-state index contributed by atoms with van der Waals surface area (Å²) in [7, 11) is 0. The third-order valence-corrected chi connectivity index (χ3v) is 1.97. The molecule has 0 aromatic carbocycles. The fourth-order valence-corrected chi connectivity index (χ4v) is 1.49. The zero-order chi connectivity index (χ0) is 5.82. The van der Waals surface area contributed by atoms with Crippen LogP contribution >= 0.6 is 11.9 Å². The molecule has 1 rings (SSSR count). The summed E-state index contributed by atoms with van der Waals surface area (Å²) in [5.74, 6) is 1.01. The van der Waals surface area contributed by atoms with E-state index in [0.29, 0.717) is 0 Å². The Morgan fingerprint density at radius 1 is 1.38 bits per heavy atom. The van der Waals surface area contributed by atoms with Crippen LogP contribution in [-0.2, 0) is 0 Å². The van der Waals surface area contributed by atoms with Gasteiger partial charge in [-0.05, 0) is 25.9 Å². The molecule has 0 aromatic heterocycles. The Kier molecular flexibility index (Phi) is 2.66. The summed E-state index contributed by atoms with van der Waals surface area (Å²) in [5, 5.41) is 5.28. The first-order valence-electron chi connectivity index (χ1n) is 2.97. The molecule has 0 saturated carbocycles. The predicted octanol–water partition coefficient (Wildman–Crippen LogP) is 0.647. The van der Waals surface area contributed by atoms with E-state index in [2.05, 4.69) is 4.90 Å². The Hall–Kier alpha value is 0.270. The Labute approximate surface area is 54.6 Å². The molecular weight excluding hydrogens is 120 g/mol. The molecule has 8 heavy (non-hydrogen) atoms. The van der Waals surface area contributed by atoms with Crippen molar-refractivity contribution in [2.75, 3.05) is 19.0 Å². The molecule has 0 aliphatic carbocycles. The van der Waals surface area contributed by atoms with Gasteiger partial charge in [-0.3, -0.25) is 10.0 Å². The van der Waals surface area contributed by atoms with Gasteiger partial charge in [-0.2, -0.15) is 0 Å². The van der Waals surface area contributed by atoms with Crippen LogP contribution in [0.2, 0.25) is 0 Å². The molecule has 0 atom stereocenters. The number of likely N-dealkylation sites (tertiary alicyclic amines) is 1. The largest absolute Gasteiger partial charge is 0.293 e. The molecular formula is C5H12N2S. The summed E-state index contributed by atoms with van der Waals surface area (Å²) in [5.41, 5.74) is 0. The van der Waals surface area contributed by atoms with Crippen LogP contribution in [0.25, 0.3) is 0 Å². The lowest BCUT2D eigenvalue weighted by Gasteiger charge is -2.10. The van der Waals surface area contributed by atoms with E-state index in [-0.39, 0.29) is 0 Å². The summed E-state index contributed by atoms with van der Waals surface area (Å²) in [6, 6.07) is 0. The normalized spacial score (nSPS) is 22.1. The fourth-order valence-electron chi connectivity index (χ4n) is 1.02. The highest BCUT2D eigenvalue weighted by Gasteiger charge is 2.09. The van der Waals surface area contributed by atoms with E-state index in [4.69, 9.17) is 5.14 Å². The minimum atomic E-state index is 1.01. The first kappa shape index (κ1) is 6.39. The molecule has 0 bridgehead atoms. The molecule has 0 radical (unpaired) electrons.